The van der Waals surface area contributed by atoms with Gasteiger partial charge in [-0.15, -0.1) is 0 Å². The molecule has 2 aromatic rings. The van der Waals surface area contributed by atoms with Crippen LogP contribution in [0.3, 0.4) is 0 Å². The molecule has 2 rings (SSSR count). The molecule has 1 unspecified atom stereocenters. The first-order chi connectivity index (χ1) is 9.33. The lowest BCUT2D eigenvalue weighted by atomic mass is 10.1. The van der Waals surface area contributed by atoms with E-state index in [-0.39, 0.29) is 6.04 Å². The van der Waals surface area contributed by atoms with Crippen molar-refractivity contribution in [3.63, 3.8) is 0 Å². The molecule has 0 aliphatic carbocycles. The van der Waals surface area contributed by atoms with Gasteiger partial charge in [0.2, 0.25) is 0 Å². The first-order valence-corrected chi connectivity index (χ1v) is 7.66. The molecule has 0 amide bonds. The van der Waals surface area contributed by atoms with Gasteiger partial charge in [0.25, 0.3) is 0 Å². The van der Waals surface area contributed by atoms with E-state index in [1.165, 1.54) is 5.56 Å². The lowest BCUT2D eigenvalue weighted by Gasteiger charge is -2.26. The van der Waals surface area contributed by atoms with E-state index in [2.05, 4.69) is 58.3 Å². The van der Waals surface area contributed by atoms with E-state index >= 15 is 0 Å². The Labute approximate surface area is 118 Å². The van der Waals surface area contributed by atoms with Gasteiger partial charge in [-0.25, -0.2) is 4.98 Å². The van der Waals surface area contributed by atoms with E-state index < -0.39 is 0 Å². The fourth-order valence-electron chi connectivity index (χ4n) is 2.09. The van der Waals surface area contributed by atoms with Crippen LogP contribution in [0.25, 0.3) is 0 Å². The van der Waals surface area contributed by atoms with E-state index in [0.29, 0.717) is 0 Å². The minimum atomic E-state index is 0.140. The summed E-state index contributed by atoms with van der Waals surface area (Å²) in [6.07, 6.45) is 1.57. The number of nitrogens with zero attached hydrogens (tertiary/aromatic N) is 3. The highest BCUT2D eigenvalue weighted by molar-refractivity contribution is 7.99. The summed E-state index contributed by atoms with van der Waals surface area (Å²) >= 11 is 1.96. The smallest absolute Gasteiger partial charge is 0.146 e. The zero-order valence-corrected chi connectivity index (χ0v) is 12.2. The van der Waals surface area contributed by atoms with Gasteiger partial charge < -0.3 is 0 Å². The van der Waals surface area contributed by atoms with Gasteiger partial charge in [0.05, 0.1) is 6.04 Å². The molecule has 1 atom stereocenters. The Morgan fingerprint density at radius 1 is 1.32 bits per heavy atom. The van der Waals surface area contributed by atoms with Gasteiger partial charge in [0, 0.05) is 12.3 Å². The van der Waals surface area contributed by atoms with E-state index in [1.807, 2.05) is 17.8 Å². The molecule has 5 heteroatoms. The van der Waals surface area contributed by atoms with Crippen LogP contribution in [0.4, 0.5) is 0 Å². The van der Waals surface area contributed by atoms with Crippen molar-refractivity contribution < 1.29 is 0 Å². The fourth-order valence-corrected chi connectivity index (χ4v) is 2.79. The van der Waals surface area contributed by atoms with Crippen molar-refractivity contribution in [3.8, 4) is 0 Å². The Bertz CT molecular complexity index is 458. The van der Waals surface area contributed by atoms with Crippen molar-refractivity contribution in [2.24, 2.45) is 0 Å². The molecule has 0 saturated carbocycles. The zero-order valence-electron chi connectivity index (χ0n) is 11.4. The minimum absolute atomic E-state index is 0.140. The highest BCUT2D eigenvalue weighted by Crippen LogP contribution is 2.24. The molecular formula is C14H20N4S. The van der Waals surface area contributed by atoms with Crippen LogP contribution in [0.1, 0.15) is 24.4 Å². The number of H-pyrrole nitrogens is 1. The van der Waals surface area contributed by atoms with Gasteiger partial charge >= 0.3 is 0 Å². The van der Waals surface area contributed by atoms with Crippen molar-refractivity contribution in [1.29, 1.82) is 0 Å². The Hall–Kier alpha value is -1.33. The van der Waals surface area contributed by atoms with Gasteiger partial charge in [-0.2, -0.15) is 16.9 Å². The predicted octanol–water partition coefficient (Wildman–Crippen LogP) is 2.58. The van der Waals surface area contributed by atoms with Gasteiger partial charge in [-0.1, -0.05) is 37.3 Å². The number of benzene rings is 1. The van der Waals surface area contributed by atoms with E-state index in [1.54, 1.807) is 6.33 Å². The molecule has 0 radical (unpaired) electrons. The van der Waals surface area contributed by atoms with Crippen LogP contribution in [0, 0.1) is 0 Å². The number of hydrogen-bond donors (Lipinski definition) is 1. The SMILES string of the molecule is CCSCCN(C)C(c1ccccc1)c1ncn[nH]1. The largest absolute Gasteiger partial charge is 0.292 e. The maximum absolute atomic E-state index is 4.33. The summed E-state index contributed by atoms with van der Waals surface area (Å²) in [4.78, 5) is 6.65. The molecule has 0 aliphatic rings. The molecular weight excluding hydrogens is 256 g/mol. The van der Waals surface area contributed by atoms with E-state index in [0.717, 1.165) is 23.9 Å². The normalized spacial score (nSPS) is 12.8. The first-order valence-electron chi connectivity index (χ1n) is 6.51. The van der Waals surface area contributed by atoms with Crippen LogP contribution in [-0.4, -0.2) is 45.2 Å². The van der Waals surface area contributed by atoms with Gasteiger partial charge in [-0.05, 0) is 18.4 Å². The first kappa shape index (κ1) is 14.1. The Balaban J connectivity index is 2.16. The molecule has 0 fully saturated rings. The summed E-state index contributed by atoms with van der Waals surface area (Å²) in [6.45, 7) is 3.22. The molecule has 0 spiro atoms. The monoisotopic (exact) mass is 276 g/mol. The van der Waals surface area contributed by atoms with Crippen molar-refractivity contribution in [2.75, 3.05) is 25.1 Å². The van der Waals surface area contributed by atoms with Gasteiger partial charge in [-0.3, -0.25) is 10.00 Å². The molecule has 102 valence electrons. The van der Waals surface area contributed by atoms with E-state index in [4.69, 9.17) is 0 Å². The molecule has 1 aromatic carbocycles. The highest BCUT2D eigenvalue weighted by atomic mass is 32.2. The standard InChI is InChI=1S/C14H20N4S/c1-3-19-10-9-18(2)13(14-15-11-16-17-14)12-7-5-4-6-8-12/h4-8,11,13H,3,9-10H2,1-2H3,(H,15,16,17). The highest BCUT2D eigenvalue weighted by Gasteiger charge is 2.21. The third-order valence-electron chi connectivity index (χ3n) is 3.04. The summed E-state index contributed by atoms with van der Waals surface area (Å²) in [5.74, 6) is 3.19. The summed E-state index contributed by atoms with van der Waals surface area (Å²) in [5.41, 5.74) is 1.24. The van der Waals surface area contributed by atoms with Crippen molar-refractivity contribution in [3.05, 3.63) is 48.0 Å². The van der Waals surface area contributed by atoms with Crippen LogP contribution in [-0.2, 0) is 0 Å². The second-order valence-corrected chi connectivity index (χ2v) is 5.76. The molecule has 1 aromatic heterocycles. The lowest BCUT2D eigenvalue weighted by Crippen LogP contribution is -2.28. The number of thioether (sulfide) groups is 1. The van der Waals surface area contributed by atoms with Gasteiger partial charge in [0.15, 0.2) is 0 Å². The predicted molar refractivity (Wildman–Crippen MR) is 80.3 cm³/mol. The average Bonchev–Trinajstić information content (AvgIpc) is 2.94. The molecule has 4 nitrogen and oxygen atoms in total. The topological polar surface area (TPSA) is 44.8 Å². The molecule has 0 aliphatic heterocycles. The number of hydrogen-bond acceptors (Lipinski definition) is 4. The third kappa shape index (κ3) is 3.81. The van der Waals surface area contributed by atoms with Crippen LogP contribution in [0.2, 0.25) is 0 Å². The summed E-state index contributed by atoms with van der Waals surface area (Å²) in [5, 5.41) is 6.98. The maximum atomic E-state index is 4.33. The second-order valence-electron chi connectivity index (χ2n) is 4.36. The van der Waals surface area contributed by atoms with Gasteiger partial charge in [0.1, 0.15) is 12.2 Å². The van der Waals surface area contributed by atoms with Crippen LogP contribution < -0.4 is 0 Å². The second kappa shape index (κ2) is 7.31. The Kier molecular flexibility index (Phi) is 5.42. The number of rotatable bonds is 7. The number of nitrogens with one attached hydrogen (secondary N) is 1. The molecule has 0 bridgehead atoms. The van der Waals surface area contributed by atoms with Crippen molar-refractivity contribution >= 4 is 11.8 Å². The number of aromatic nitrogens is 3. The molecule has 19 heavy (non-hydrogen) atoms. The maximum Gasteiger partial charge on any atom is 0.146 e. The zero-order chi connectivity index (χ0) is 13.5. The molecule has 0 saturated heterocycles. The molecule has 1 N–H and O–H groups in total. The van der Waals surface area contributed by atoms with Crippen molar-refractivity contribution in [2.45, 2.75) is 13.0 Å². The van der Waals surface area contributed by atoms with Crippen LogP contribution in [0.15, 0.2) is 36.7 Å². The fraction of sp³-hybridized carbons (Fsp3) is 0.429. The summed E-state index contributed by atoms with van der Waals surface area (Å²) in [6, 6.07) is 10.6. The number of aromatic amines is 1. The van der Waals surface area contributed by atoms with Crippen LogP contribution >= 0.6 is 11.8 Å². The minimum Gasteiger partial charge on any atom is -0.292 e. The quantitative estimate of drug-likeness (QED) is 0.790. The third-order valence-corrected chi connectivity index (χ3v) is 3.92. The van der Waals surface area contributed by atoms with Crippen molar-refractivity contribution in [1.82, 2.24) is 20.1 Å². The average molecular weight is 276 g/mol. The van der Waals surface area contributed by atoms with E-state index in [9.17, 15) is 0 Å². The summed E-state index contributed by atoms with van der Waals surface area (Å²) < 4.78 is 0. The lowest BCUT2D eigenvalue weighted by molar-refractivity contribution is 0.287. The molecule has 1 heterocycles. The summed E-state index contributed by atoms with van der Waals surface area (Å²) in [7, 11) is 2.14. The van der Waals surface area contributed by atoms with Crippen LogP contribution in [0.5, 0.6) is 0 Å². The Morgan fingerprint density at radius 3 is 2.74 bits per heavy atom. The Morgan fingerprint density at radius 2 is 2.11 bits per heavy atom.